The average Bonchev–Trinajstić information content (AvgIpc) is 3.44. The molecule has 9 heteroatoms. The molecule has 7 rings (SSSR count). The minimum Gasteiger partial charge on any atom is -0.496 e. The van der Waals surface area contributed by atoms with E-state index in [0.29, 0.717) is 46.2 Å². The maximum Gasteiger partial charge on any atom is 0.240 e. The summed E-state index contributed by atoms with van der Waals surface area (Å²) >= 11 is 3.47. The Labute approximate surface area is 232 Å². The first-order valence-corrected chi connectivity index (χ1v) is 13.5. The van der Waals surface area contributed by atoms with Crippen LogP contribution in [0.1, 0.15) is 15.9 Å². The number of rotatable bonds is 4. The molecule has 39 heavy (non-hydrogen) atoms. The number of nitrogens with zero attached hydrogens (tertiary/aromatic N) is 2. The number of ether oxygens (including phenoxy) is 3. The van der Waals surface area contributed by atoms with Gasteiger partial charge in [-0.2, -0.15) is 0 Å². The van der Waals surface area contributed by atoms with Crippen LogP contribution in [-0.4, -0.2) is 50.0 Å². The van der Waals surface area contributed by atoms with E-state index in [0.717, 1.165) is 11.3 Å². The number of carbonyl (C=O) groups excluding carboxylic acids is 3. The summed E-state index contributed by atoms with van der Waals surface area (Å²) in [5.41, 5.74) is 2.61. The van der Waals surface area contributed by atoms with Gasteiger partial charge in [-0.3, -0.25) is 14.4 Å². The molecule has 0 aliphatic carbocycles. The van der Waals surface area contributed by atoms with E-state index in [9.17, 15) is 14.4 Å². The first-order chi connectivity index (χ1) is 19.0. The lowest BCUT2D eigenvalue weighted by Crippen LogP contribution is -2.48. The van der Waals surface area contributed by atoms with Crippen LogP contribution in [0.15, 0.2) is 71.2 Å². The van der Waals surface area contributed by atoms with Crippen LogP contribution in [0, 0.1) is 11.8 Å². The zero-order valence-corrected chi connectivity index (χ0v) is 22.5. The highest BCUT2D eigenvalue weighted by Crippen LogP contribution is 2.50. The third-order valence-corrected chi connectivity index (χ3v) is 8.52. The van der Waals surface area contributed by atoms with Gasteiger partial charge < -0.3 is 19.1 Å². The highest BCUT2D eigenvalue weighted by atomic mass is 79.9. The molecule has 2 fully saturated rings. The van der Waals surface area contributed by atoms with Crippen LogP contribution in [0.3, 0.4) is 0 Å². The number of amides is 2. The summed E-state index contributed by atoms with van der Waals surface area (Å²) in [5, 5.41) is 0. The molecule has 0 radical (unpaired) electrons. The number of carbonyl (C=O) groups is 3. The van der Waals surface area contributed by atoms with Crippen LogP contribution in [0.4, 0.5) is 11.4 Å². The van der Waals surface area contributed by atoms with Gasteiger partial charge in [0.15, 0.2) is 17.3 Å². The normalized spacial score (nSPS) is 24.4. The van der Waals surface area contributed by atoms with E-state index in [-0.39, 0.29) is 11.7 Å². The molecule has 4 heterocycles. The Bertz CT molecular complexity index is 1590. The van der Waals surface area contributed by atoms with E-state index < -0.39 is 29.8 Å². The minimum absolute atomic E-state index is 0.230. The number of anilines is 2. The molecule has 0 aromatic heterocycles. The smallest absolute Gasteiger partial charge is 0.240 e. The zero-order chi connectivity index (χ0) is 26.8. The Kier molecular flexibility index (Phi) is 5.52. The standard InChI is InChI=1S/C30H23BrN2O6/c1-37-22-10-7-17(14-19(22)31)28(34)27-26-25(21-9-6-16-4-2-3-5-20(16)33(21)27)29(35)32(30(26)36)18-8-11-23-24(15-18)39-13-12-38-23/h2-11,14-15,21,25-27H,12-13H2,1H3/t21-,25-,26+,27-/m1/s1. The third-order valence-electron chi connectivity index (χ3n) is 7.90. The van der Waals surface area contributed by atoms with E-state index >= 15 is 0 Å². The summed E-state index contributed by atoms with van der Waals surface area (Å²) < 4.78 is 17.3. The molecule has 4 aliphatic rings. The van der Waals surface area contributed by atoms with Crippen LogP contribution in [0.5, 0.6) is 17.2 Å². The van der Waals surface area contributed by atoms with Crippen molar-refractivity contribution in [2.75, 3.05) is 30.1 Å². The number of ketones is 1. The van der Waals surface area contributed by atoms with E-state index in [2.05, 4.69) is 15.9 Å². The molecular formula is C30H23BrN2O6. The molecule has 2 saturated heterocycles. The van der Waals surface area contributed by atoms with E-state index in [1.165, 1.54) is 4.90 Å². The molecular weight excluding hydrogens is 564 g/mol. The maximum atomic E-state index is 14.2. The van der Waals surface area contributed by atoms with E-state index in [1.807, 2.05) is 41.3 Å². The van der Waals surface area contributed by atoms with Crippen LogP contribution in [-0.2, 0) is 9.59 Å². The first-order valence-electron chi connectivity index (χ1n) is 12.7. The zero-order valence-electron chi connectivity index (χ0n) is 20.9. The Morgan fingerprint density at radius 3 is 2.51 bits per heavy atom. The Morgan fingerprint density at radius 1 is 0.949 bits per heavy atom. The van der Waals surface area contributed by atoms with Gasteiger partial charge in [-0.05, 0) is 57.9 Å². The lowest BCUT2D eigenvalue weighted by atomic mass is 9.86. The van der Waals surface area contributed by atoms with Crippen molar-refractivity contribution >= 4 is 51.0 Å². The van der Waals surface area contributed by atoms with E-state index in [4.69, 9.17) is 14.2 Å². The fourth-order valence-corrected chi connectivity index (χ4v) is 6.77. The number of methoxy groups -OCH3 is 1. The van der Waals surface area contributed by atoms with E-state index in [1.54, 1.807) is 43.5 Å². The predicted octanol–water partition coefficient (Wildman–Crippen LogP) is 4.50. The molecule has 3 aromatic carbocycles. The van der Waals surface area contributed by atoms with Gasteiger partial charge in [0.05, 0.1) is 35.1 Å². The van der Waals surface area contributed by atoms with Gasteiger partial charge in [0.25, 0.3) is 0 Å². The second-order valence-electron chi connectivity index (χ2n) is 9.87. The molecule has 0 spiro atoms. The van der Waals surface area contributed by atoms with Crippen molar-refractivity contribution in [3.05, 3.63) is 82.3 Å². The highest BCUT2D eigenvalue weighted by molar-refractivity contribution is 9.10. The van der Waals surface area contributed by atoms with Crippen molar-refractivity contribution in [3.8, 4) is 17.2 Å². The molecule has 0 bridgehead atoms. The quantitative estimate of drug-likeness (QED) is 0.328. The summed E-state index contributed by atoms with van der Waals surface area (Å²) in [6.45, 7) is 0.827. The number of halogens is 1. The van der Waals surface area contributed by atoms with Gasteiger partial charge in [-0.1, -0.05) is 30.4 Å². The maximum absolute atomic E-state index is 14.2. The summed E-state index contributed by atoms with van der Waals surface area (Å²) in [5.74, 6) is -0.880. The van der Waals surface area contributed by atoms with Crippen LogP contribution >= 0.6 is 15.9 Å². The van der Waals surface area contributed by atoms with Gasteiger partial charge in [-0.15, -0.1) is 0 Å². The number of imide groups is 1. The largest absolute Gasteiger partial charge is 0.496 e. The van der Waals surface area contributed by atoms with Gasteiger partial charge in [0, 0.05) is 17.3 Å². The molecule has 0 unspecified atom stereocenters. The molecule has 4 aliphatic heterocycles. The number of fused-ring (bicyclic) bond motifs is 6. The van der Waals surface area contributed by atoms with Gasteiger partial charge >= 0.3 is 0 Å². The van der Waals surface area contributed by atoms with Crippen molar-refractivity contribution in [2.45, 2.75) is 12.1 Å². The number of Topliss-reactive ketones (excluding diaryl/α,β-unsaturated/α-hetero) is 1. The summed E-state index contributed by atoms with van der Waals surface area (Å²) in [4.78, 5) is 45.6. The average molecular weight is 587 g/mol. The van der Waals surface area contributed by atoms with Gasteiger partial charge in [0.1, 0.15) is 25.0 Å². The second kappa shape index (κ2) is 8.98. The van der Waals surface area contributed by atoms with Crippen molar-refractivity contribution < 1.29 is 28.6 Å². The summed E-state index contributed by atoms with van der Waals surface area (Å²) in [6.07, 6.45) is 3.91. The molecule has 3 aromatic rings. The molecule has 8 nitrogen and oxygen atoms in total. The van der Waals surface area contributed by atoms with Gasteiger partial charge in [-0.25, -0.2) is 4.90 Å². The van der Waals surface area contributed by atoms with Crippen LogP contribution in [0.2, 0.25) is 0 Å². The lowest BCUT2D eigenvalue weighted by molar-refractivity contribution is -0.122. The minimum atomic E-state index is -0.870. The molecule has 0 saturated carbocycles. The van der Waals surface area contributed by atoms with Crippen molar-refractivity contribution in [2.24, 2.45) is 11.8 Å². The predicted molar refractivity (Wildman–Crippen MR) is 147 cm³/mol. The number of benzene rings is 3. The fraction of sp³-hybridized carbons (Fsp3) is 0.233. The van der Waals surface area contributed by atoms with Crippen LogP contribution in [0.25, 0.3) is 6.08 Å². The van der Waals surface area contributed by atoms with Crippen molar-refractivity contribution in [3.63, 3.8) is 0 Å². The molecule has 2 amide bonds. The highest BCUT2D eigenvalue weighted by Gasteiger charge is 2.64. The van der Waals surface area contributed by atoms with Crippen molar-refractivity contribution in [1.82, 2.24) is 0 Å². The summed E-state index contributed by atoms with van der Waals surface area (Å²) in [6, 6.07) is 16.6. The topological polar surface area (TPSA) is 85.4 Å². The molecule has 4 atom stereocenters. The second-order valence-corrected chi connectivity index (χ2v) is 10.7. The fourth-order valence-electron chi connectivity index (χ4n) is 6.23. The van der Waals surface area contributed by atoms with Gasteiger partial charge in [0.2, 0.25) is 11.8 Å². The van der Waals surface area contributed by atoms with Crippen LogP contribution < -0.4 is 24.0 Å². The van der Waals surface area contributed by atoms with Crippen molar-refractivity contribution in [1.29, 1.82) is 0 Å². The number of para-hydroxylation sites is 1. The molecule has 196 valence electrons. The Morgan fingerprint density at radius 2 is 1.72 bits per heavy atom. The SMILES string of the molecule is COc1ccc(C(=O)[C@H]2[C@H]3C(=O)N(c4ccc5c(c4)OCCO5)C(=O)[C@@H]3[C@H]3C=Cc4ccccc4N32)cc1Br. The number of hydrogen-bond acceptors (Lipinski definition) is 7. The number of hydrogen-bond donors (Lipinski definition) is 0. The first kappa shape index (κ1) is 24.0. The summed E-state index contributed by atoms with van der Waals surface area (Å²) in [7, 11) is 1.56. The third kappa shape index (κ3) is 3.52. The lowest BCUT2D eigenvalue weighted by Gasteiger charge is -2.36. The Balaban J connectivity index is 1.34. The molecule has 0 N–H and O–H groups in total. The monoisotopic (exact) mass is 586 g/mol. The Hall–Kier alpha value is -4.11.